The molecule has 2 rings (SSSR count). The van der Waals surface area contributed by atoms with Crippen LogP contribution in [0.15, 0.2) is 23.1 Å². The molecule has 2 aromatic rings. The number of nitrogens with one attached hydrogen (secondary N) is 2. The summed E-state index contributed by atoms with van der Waals surface area (Å²) in [6, 6.07) is 3.26. The van der Waals surface area contributed by atoms with E-state index in [1.165, 1.54) is 6.07 Å². The Morgan fingerprint density at radius 2 is 2.33 bits per heavy atom. The Bertz CT molecular complexity index is 582. The fraction of sp³-hybridized carbons (Fsp3) is 0.417. The minimum atomic E-state index is -0.172. The van der Waals surface area contributed by atoms with E-state index in [0.717, 1.165) is 5.39 Å². The molecule has 0 amide bonds. The maximum atomic E-state index is 11.2. The standard InChI is InChI=1S/C12H16N4O2/c1-3-18-7-8(2)14-12-13-6-9-4-5-10(17)15-11(9)16-12/h4-6,8H,3,7H2,1-2H3,(H2,13,14,15,16,17). The van der Waals surface area contributed by atoms with Gasteiger partial charge in [0, 0.05) is 30.3 Å². The van der Waals surface area contributed by atoms with E-state index < -0.39 is 0 Å². The van der Waals surface area contributed by atoms with Crippen LogP contribution in [0.3, 0.4) is 0 Å². The van der Waals surface area contributed by atoms with Crippen LogP contribution in [0.4, 0.5) is 5.95 Å². The number of H-pyrrole nitrogens is 1. The maximum absolute atomic E-state index is 11.2. The summed E-state index contributed by atoms with van der Waals surface area (Å²) in [4.78, 5) is 22.3. The van der Waals surface area contributed by atoms with E-state index in [1.54, 1.807) is 12.3 Å². The summed E-state index contributed by atoms with van der Waals surface area (Å²) in [7, 11) is 0. The molecule has 2 heterocycles. The predicted octanol–water partition coefficient (Wildman–Crippen LogP) is 1.15. The first kappa shape index (κ1) is 12.5. The molecule has 0 aromatic carbocycles. The van der Waals surface area contributed by atoms with Gasteiger partial charge in [0.15, 0.2) is 0 Å². The van der Waals surface area contributed by atoms with Crippen molar-refractivity contribution < 1.29 is 4.74 Å². The Labute approximate surface area is 104 Å². The third-order valence-corrected chi connectivity index (χ3v) is 2.42. The molecule has 0 radical (unpaired) electrons. The van der Waals surface area contributed by atoms with Crippen LogP contribution in [-0.4, -0.2) is 34.2 Å². The van der Waals surface area contributed by atoms with Gasteiger partial charge in [0.2, 0.25) is 11.5 Å². The number of hydrogen-bond donors (Lipinski definition) is 2. The molecule has 6 heteroatoms. The monoisotopic (exact) mass is 248 g/mol. The van der Waals surface area contributed by atoms with Gasteiger partial charge in [0.1, 0.15) is 5.65 Å². The number of rotatable bonds is 5. The lowest BCUT2D eigenvalue weighted by Crippen LogP contribution is -2.23. The average molecular weight is 248 g/mol. The van der Waals surface area contributed by atoms with Crippen molar-refractivity contribution in [2.24, 2.45) is 0 Å². The van der Waals surface area contributed by atoms with Gasteiger partial charge in [0.25, 0.3) is 0 Å². The van der Waals surface area contributed by atoms with Gasteiger partial charge < -0.3 is 15.0 Å². The summed E-state index contributed by atoms with van der Waals surface area (Å²) >= 11 is 0. The van der Waals surface area contributed by atoms with Crippen molar-refractivity contribution in [3.8, 4) is 0 Å². The van der Waals surface area contributed by atoms with Crippen molar-refractivity contribution in [1.82, 2.24) is 15.0 Å². The van der Waals surface area contributed by atoms with Crippen molar-refractivity contribution in [2.75, 3.05) is 18.5 Å². The molecule has 6 nitrogen and oxygen atoms in total. The molecule has 2 aromatic heterocycles. The lowest BCUT2D eigenvalue weighted by Gasteiger charge is -2.13. The third-order valence-electron chi connectivity index (χ3n) is 2.42. The number of fused-ring (bicyclic) bond motifs is 1. The van der Waals surface area contributed by atoms with Crippen LogP contribution in [-0.2, 0) is 4.74 Å². The summed E-state index contributed by atoms with van der Waals surface area (Å²) in [6.07, 6.45) is 1.67. The third kappa shape index (κ3) is 3.04. The first-order valence-electron chi connectivity index (χ1n) is 5.89. The number of aromatic amines is 1. The highest BCUT2D eigenvalue weighted by Crippen LogP contribution is 2.08. The van der Waals surface area contributed by atoms with Gasteiger partial charge in [-0.2, -0.15) is 4.98 Å². The minimum absolute atomic E-state index is 0.109. The molecule has 0 aliphatic heterocycles. The van der Waals surface area contributed by atoms with Gasteiger partial charge in [-0.3, -0.25) is 4.79 Å². The molecule has 0 bridgehead atoms. The summed E-state index contributed by atoms with van der Waals surface area (Å²) in [5.41, 5.74) is 0.359. The van der Waals surface area contributed by atoms with Crippen molar-refractivity contribution in [2.45, 2.75) is 19.9 Å². The fourth-order valence-corrected chi connectivity index (χ4v) is 1.56. The summed E-state index contributed by atoms with van der Waals surface area (Å²) < 4.78 is 5.30. The van der Waals surface area contributed by atoms with Crippen molar-refractivity contribution in [1.29, 1.82) is 0 Å². The first-order valence-corrected chi connectivity index (χ1v) is 5.89. The summed E-state index contributed by atoms with van der Waals surface area (Å²) in [5, 5.41) is 3.92. The largest absolute Gasteiger partial charge is 0.380 e. The SMILES string of the molecule is CCOCC(C)Nc1ncc2ccc(=O)[nH]c2n1. The van der Waals surface area contributed by atoms with E-state index in [9.17, 15) is 4.79 Å². The van der Waals surface area contributed by atoms with Gasteiger partial charge in [-0.1, -0.05) is 0 Å². The van der Waals surface area contributed by atoms with E-state index in [1.807, 2.05) is 13.8 Å². The molecule has 0 aliphatic rings. The minimum Gasteiger partial charge on any atom is -0.380 e. The van der Waals surface area contributed by atoms with Crippen LogP contribution in [0.1, 0.15) is 13.8 Å². The Kier molecular flexibility index (Phi) is 3.88. The number of nitrogens with zero attached hydrogens (tertiary/aromatic N) is 2. The van der Waals surface area contributed by atoms with Crippen molar-refractivity contribution >= 4 is 17.0 Å². The molecular formula is C12H16N4O2. The second-order valence-corrected chi connectivity index (χ2v) is 4.02. The lowest BCUT2D eigenvalue weighted by atomic mass is 10.3. The zero-order valence-electron chi connectivity index (χ0n) is 10.4. The van der Waals surface area contributed by atoms with Crippen molar-refractivity contribution in [3.63, 3.8) is 0 Å². The number of aromatic nitrogens is 3. The van der Waals surface area contributed by atoms with E-state index in [4.69, 9.17) is 4.74 Å². The van der Waals surface area contributed by atoms with E-state index in [2.05, 4.69) is 20.3 Å². The van der Waals surface area contributed by atoms with Crippen LogP contribution in [0, 0.1) is 0 Å². The molecule has 2 N–H and O–H groups in total. The van der Waals surface area contributed by atoms with E-state index in [0.29, 0.717) is 24.8 Å². The van der Waals surface area contributed by atoms with Gasteiger partial charge in [0.05, 0.1) is 6.61 Å². The Morgan fingerprint density at radius 1 is 1.50 bits per heavy atom. The molecule has 1 unspecified atom stereocenters. The Morgan fingerprint density at radius 3 is 3.11 bits per heavy atom. The van der Waals surface area contributed by atoms with Gasteiger partial charge in [-0.15, -0.1) is 0 Å². The molecule has 96 valence electrons. The first-order chi connectivity index (χ1) is 8.69. The molecular weight excluding hydrogens is 232 g/mol. The smallest absolute Gasteiger partial charge is 0.249 e. The zero-order chi connectivity index (χ0) is 13.0. The topological polar surface area (TPSA) is 79.9 Å². The quantitative estimate of drug-likeness (QED) is 0.829. The number of ether oxygens (including phenoxy) is 1. The molecule has 1 atom stereocenters. The number of hydrogen-bond acceptors (Lipinski definition) is 5. The number of anilines is 1. The van der Waals surface area contributed by atoms with Gasteiger partial charge in [-0.25, -0.2) is 4.98 Å². The van der Waals surface area contributed by atoms with Crippen molar-refractivity contribution in [3.05, 3.63) is 28.7 Å². The van der Waals surface area contributed by atoms with Gasteiger partial charge in [-0.05, 0) is 19.9 Å². The molecule has 18 heavy (non-hydrogen) atoms. The average Bonchev–Trinajstić information content (AvgIpc) is 2.36. The summed E-state index contributed by atoms with van der Waals surface area (Å²) in [5.74, 6) is 0.483. The lowest BCUT2D eigenvalue weighted by molar-refractivity contribution is 0.141. The number of pyridine rings is 1. The molecule has 0 saturated carbocycles. The summed E-state index contributed by atoms with van der Waals surface area (Å²) in [6.45, 7) is 5.20. The van der Waals surface area contributed by atoms with Crippen LogP contribution in [0.2, 0.25) is 0 Å². The zero-order valence-corrected chi connectivity index (χ0v) is 10.4. The molecule has 0 saturated heterocycles. The van der Waals surface area contributed by atoms with Crippen LogP contribution >= 0.6 is 0 Å². The second kappa shape index (κ2) is 5.59. The normalized spacial score (nSPS) is 12.6. The van der Waals surface area contributed by atoms with Gasteiger partial charge >= 0.3 is 0 Å². The fourth-order valence-electron chi connectivity index (χ4n) is 1.56. The van der Waals surface area contributed by atoms with Crippen LogP contribution in [0.25, 0.3) is 11.0 Å². The molecule has 0 spiro atoms. The highest BCUT2D eigenvalue weighted by molar-refractivity contribution is 5.74. The Hall–Kier alpha value is -1.95. The Balaban J connectivity index is 2.16. The second-order valence-electron chi connectivity index (χ2n) is 4.02. The molecule has 0 fully saturated rings. The predicted molar refractivity (Wildman–Crippen MR) is 69.7 cm³/mol. The van der Waals surface area contributed by atoms with E-state index in [-0.39, 0.29) is 11.6 Å². The van der Waals surface area contributed by atoms with E-state index >= 15 is 0 Å². The maximum Gasteiger partial charge on any atom is 0.249 e. The highest BCUT2D eigenvalue weighted by atomic mass is 16.5. The van der Waals surface area contributed by atoms with Crippen LogP contribution in [0.5, 0.6) is 0 Å². The highest BCUT2D eigenvalue weighted by Gasteiger charge is 2.05. The van der Waals surface area contributed by atoms with Crippen LogP contribution < -0.4 is 10.9 Å². The molecule has 0 aliphatic carbocycles.